The third-order valence-corrected chi connectivity index (χ3v) is 7.93. The van der Waals surface area contributed by atoms with Crippen molar-refractivity contribution >= 4 is 8.80 Å². The van der Waals surface area contributed by atoms with Crippen molar-refractivity contribution < 1.29 is 13.3 Å². The molecule has 0 aromatic rings. The summed E-state index contributed by atoms with van der Waals surface area (Å²) >= 11 is 0. The van der Waals surface area contributed by atoms with Crippen molar-refractivity contribution in [1.82, 2.24) is 0 Å². The molecule has 158 valence electrons. The largest absolute Gasteiger partial charge is 0.500 e. The van der Waals surface area contributed by atoms with Gasteiger partial charge in [-0.1, -0.05) is 70.6 Å². The Morgan fingerprint density at radius 2 is 0.808 bits per heavy atom. The Morgan fingerprint density at radius 1 is 0.500 bits per heavy atom. The predicted molar refractivity (Wildman–Crippen MR) is 115 cm³/mol. The first kappa shape index (κ1) is 26.1. The summed E-state index contributed by atoms with van der Waals surface area (Å²) < 4.78 is 17.7. The van der Waals surface area contributed by atoms with Gasteiger partial charge in [0.05, 0.1) is 0 Å². The first-order chi connectivity index (χ1) is 12.7. The van der Waals surface area contributed by atoms with Gasteiger partial charge in [-0.3, -0.25) is 0 Å². The highest BCUT2D eigenvalue weighted by molar-refractivity contribution is 6.60. The molecule has 0 aliphatic carbocycles. The second-order valence-corrected chi connectivity index (χ2v) is 9.85. The van der Waals surface area contributed by atoms with Crippen LogP contribution >= 0.6 is 0 Å². The van der Waals surface area contributed by atoms with Gasteiger partial charge < -0.3 is 19.0 Å². The monoisotopic (exact) mass is 389 g/mol. The summed E-state index contributed by atoms with van der Waals surface area (Å²) in [5.41, 5.74) is 5.51. The fraction of sp³-hybridized carbons (Fsp3) is 1.00. The highest BCUT2D eigenvalue weighted by Gasteiger charge is 2.39. The van der Waals surface area contributed by atoms with Gasteiger partial charge in [0.25, 0.3) is 0 Å². The fourth-order valence-corrected chi connectivity index (χ4v) is 6.12. The highest BCUT2D eigenvalue weighted by Crippen LogP contribution is 2.21. The van der Waals surface area contributed by atoms with E-state index in [4.69, 9.17) is 19.0 Å². The smallest absolute Gasteiger partial charge is 0.374 e. The van der Waals surface area contributed by atoms with Crippen molar-refractivity contribution in [2.75, 3.05) is 26.4 Å². The van der Waals surface area contributed by atoms with Crippen molar-refractivity contribution in [2.24, 2.45) is 5.73 Å². The molecule has 5 heteroatoms. The van der Waals surface area contributed by atoms with Gasteiger partial charge in [0.15, 0.2) is 0 Å². The molecule has 0 unspecified atom stereocenters. The Bertz CT molecular complexity index is 263. The molecule has 0 spiro atoms. The summed E-state index contributed by atoms with van der Waals surface area (Å²) in [6, 6.07) is 0.965. The molecule has 0 aliphatic heterocycles. The van der Waals surface area contributed by atoms with Gasteiger partial charge in [-0.2, -0.15) is 0 Å². The molecular weight excluding hydrogens is 342 g/mol. The minimum absolute atomic E-state index is 0.680. The number of hydrogen-bond donors (Lipinski definition) is 1. The lowest BCUT2D eigenvalue weighted by Crippen LogP contribution is -2.45. The third kappa shape index (κ3) is 15.1. The van der Waals surface area contributed by atoms with Crippen LogP contribution in [0.3, 0.4) is 0 Å². The Labute approximate surface area is 164 Å². The molecule has 0 saturated carbocycles. The van der Waals surface area contributed by atoms with E-state index in [0.29, 0.717) is 19.8 Å². The molecule has 0 bridgehead atoms. The van der Waals surface area contributed by atoms with Crippen LogP contribution in [0.15, 0.2) is 0 Å². The average molecular weight is 390 g/mol. The van der Waals surface area contributed by atoms with E-state index in [0.717, 1.165) is 19.0 Å². The Morgan fingerprint density at radius 3 is 1.12 bits per heavy atom. The molecular formula is C21H47NO3Si. The zero-order chi connectivity index (χ0) is 19.3. The van der Waals surface area contributed by atoms with E-state index in [1.807, 2.05) is 20.8 Å². The van der Waals surface area contributed by atoms with Crippen LogP contribution in [0.5, 0.6) is 0 Å². The quantitative estimate of drug-likeness (QED) is 0.191. The molecule has 26 heavy (non-hydrogen) atoms. The van der Waals surface area contributed by atoms with E-state index in [1.165, 1.54) is 77.0 Å². The van der Waals surface area contributed by atoms with E-state index in [-0.39, 0.29) is 0 Å². The lowest BCUT2D eigenvalue weighted by Gasteiger charge is -2.28. The van der Waals surface area contributed by atoms with Crippen LogP contribution in [0, 0.1) is 0 Å². The van der Waals surface area contributed by atoms with E-state index in [1.54, 1.807) is 0 Å². The lowest BCUT2D eigenvalue weighted by atomic mass is 10.0. The molecule has 0 fully saturated rings. The molecule has 4 nitrogen and oxygen atoms in total. The maximum Gasteiger partial charge on any atom is 0.500 e. The first-order valence-corrected chi connectivity index (χ1v) is 13.3. The lowest BCUT2D eigenvalue weighted by molar-refractivity contribution is 0.0706. The fourth-order valence-electron chi connectivity index (χ4n) is 3.43. The summed E-state index contributed by atoms with van der Waals surface area (Å²) in [4.78, 5) is 0. The van der Waals surface area contributed by atoms with Crippen LogP contribution in [0.2, 0.25) is 6.04 Å². The van der Waals surface area contributed by atoms with Crippen molar-refractivity contribution in [3.63, 3.8) is 0 Å². The molecule has 0 amide bonds. The Hall–Kier alpha value is 0.0569. The zero-order valence-electron chi connectivity index (χ0n) is 18.0. The third-order valence-electron chi connectivity index (χ3n) is 4.78. The van der Waals surface area contributed by atoms with Crippen LogP contribution in [0.25, 0.3) is 0 Å². The number of unbranched alkanes of at least 4 members (excludes halogenated alkanes) is 12. The number of nitrogens with two attached hydrogens (primary N) is 1. The molecule has 0 aromatic heterocycles. The van der Waals surface area contributed by atoms with Gasteiger partial charge in [0, 0.05) is 25.9 Å². The van der Waals surface area contributed by atoms with Crippen molar-refractivity contribution in [3.8, 4) is 0 Å². The van der Waals surface area contributed by atoms with Crippen molar-refractivity contribution in [1.29, 1.82) is 0 Å². The summed E-state index contributed by atoms with van der Waals surface area (Å²) in [5, 5.41) is 0. The summed E-state index contributed by atoms with van der Waals surface area (Å²) in [6.45, 7) is 8.98. The minimum atomic E-state index is -2.41. The second-order valence-electron chi connectivity index (χ2n) is 7.12. The standard InChI is InChI=1S/C21H47NO3Si/c1-4-23-26(24-5-2,25-6-3)21-19-17-15-13-11-9-7-8-10-12-14-16-18-20-22/h4-22H2,1-3H3. The van der Waals surface area contributed by atoms with Crippen LogP contribution in [-0.4, -0.2) is 35.2 Å². The van der Waals surface area contributed by atoms with Crippen LogP contribution in [-0.2, 0) is 13.3 Å². The minimum Gasteiger partial charge on any atom is -0.374 e. The highest BCUT2D eigenvalue weighted by atomic mass is 28.4. The number of rotatable bonds is 21. The SMILES string of the molecule is CCO[Si](CCCCCCCCCCCCCCCN)(OCC)OCC. The molecule has 0 saturated heterocycles. The molecule has 0 heterocycles. The van der Waals surface area contributed by atoms with Gasteiger partial charge in [0.2, 0.25) is 0 Å². The summed E-state index contributed by atoms with van der Waals surface area (Å²) in [6.07, 6.45) is 17.4. The molecule has 0 aromatic carbocycles. The van der Waals surface area contributed by atoms with Crippen molar-refractivity contribution in [2.45, 2.75) is 110 Å². The normalized spacial score (nSPS) is 12.0. The molecule has 0 rings (SSSR count). The van der Waals surface area contributed by atoms with Gasteiger partial charge in [0.1, 0.15) is 0 Å². The van der Waals surface area contributed by atoms with E-state index in [2.05, 4.69) is 0 Å². The topological polar surface area (TPSA) is 53.7 Å². The predicted octanol–water partition coefficient (Wildman–Crippen LogP) is 6.06. The summed E-state index contributed by atoms with van der Waals surface area (Å²) in [7, 11) is -2.41. The molecule has 0 aliphatic rings. The Balaban J connectivity index is 3.52. The average Bonchev–Trinajstić information content (AvgIpc) is 2.63. The van der Waals surface area contributed by atoms with Crippen LogP contribution in [0.4, 0.5) is 0 Å². The van der Waals surface area contributed by atoms with Crippen LogP contribution in [0.1, 0.15) is 104 Å². The molecule has 2 N–H and O–H groups in total. The van der Waals surface area contributed by atoms with Crippen LogP contribution < -0.4 is 5.73 Å². The first-order valence-electron chi connectivity index (χ1n) is 11.4. The Kier molecular flexibility index (Phi) is 19.9. The van der Waals surface area contributed by atoms with E-state index in [9.17, 15) is 0 Å². The maximum absolute atomic E-state index is 5.91. The van der Waals surface area contributed by atoms with Gasteiger partial charge in [-0.25, -0.2) is 0 Å². The van der Waals surface area contributed by atoms with E-state index >= 15 is 0 Å². The van der Waals surface area contributed by atoms with E-state index < -0.39 is 8.80 Å². The zero-order valence-corrected chi connectivity index (χ0v) is 19.0. The molecule has 0 radical (unpaired) electrons. The molecule has 0 atom stereocenters. The maximum atomic E-state index is 5.91. The van der Waals surface area contributed by atoms with Crippen molar-refractivity contribution in [3.05, 3.63) is 0 Å². The van der Waals surface area contributed by atoms with Gasteiger partial charge >= 0.3 is 8.80 Å². The summed E-state index contributed by atoms with van der Waals surface area (Å²) in [5.74, 6) is 0. The van der Waals surface area contributed by atoms with Gasteiger partial charge in [-0.05, 0) is 40.2 Å². The second kappa shape index (κ2) is 19.8. The van der Waals surface area contributed by atoms with Gasteiger partial charge in [-0.15, -0.1) is 0 Å². The number of hydrogen-bond acceptors (Lipinski definition) is 4.